The average Bonchev–Trinajstić information content (AvgIpc) is 2.43. The van der Waals surface area contributed by atoms with Crippen molar-refractivity contribution >= 4 is 11.4 Å². The van der Waals surface area contributed by atoms with E-state index < -0.39 is 20.5 Å². The monoisotopic (exact) mass is 534 g/mol. The van der Waals surface area contributed by atoms with Gasteiger partial charge < -0.3 is 10.6 Å². The molecule has 0 saturated heterocycles. The van der Waals surface area contributed by atoms with E-state index in [9.17, 15) is 0 Å². The SMILES string of the molecule is CC1=NCC[N-]C(C)(C)CC(C)=NCC[N-]C(C)(C)C1.[Ni+2].[O-][Cl+3]([O-])([O-])[O-].[O-][Cl+3]([O-])([O-])[O-]. The molecule has 1 rings (SSSR count). The van der Waals surface area contributed by atoms with E-state index in [0.29, 0.717) is 0 Å². The fraction of sp³-hybridized carbons (Fsp3) is 0.875. The van der Waals surface area contributed by atoms with Gasteiger partial charge in [0.15, 0.2) is 0 Å². The topological polar surface area (TPSA) is 237 Å². The average molecular weight is 536 g/mol. The van der Waals surface area contributed by atoms with Gasteiger partial charge >= 0.3 is 16.5 Å². The zero-order valence-electron chi connectivity index (χ0n) is 18.4. The molecule has 0 aromatic heterocycles. The van der Waals surface area contributed by atoms with Crippen molar-refractivity contribution in [3.05, 3.63) is 10.6 Å². The van der Waals surface area contributed by atoms with Crippen LogP contribution in [0.25, 0.3) is 10.6 Å². The molecule has 12 nitrogen and oxygen atoms in total. The Morgan fingerprint density at radius 1 is 0.645 bits per heavy atom. The molecular formula is C16H30Cl2N4NiO8-2. The molecule has 188 valence electrons. The van der Waals surface area contributed by atoms with Gasteiger partial charge in [0.1, 0.15) is 0 Å². The van der Waals surface area contributed by atoms with Crippen molar-refractivity contribution in [3.8, 4) is 0 Å². The first-order chi connectivity index (χ1) is 13.2. The van der Waals surface area contributed by atoms with Crippen molar-refractivity contribution in [3.63, 3.8) is 0 Å². The quantitative estimate of drug-likeness (QED) is 0.270. The zero-order chi connectivity index (χ0) is 24.2. The minimum absolute atomic E-state index is 0. The van der Waals surface area contributed by atoms with Crippen LogP contribution in [0.5, 0.6) is 0 Å². The van der Waals surface area contributed by atoms with Crippen molar-refractivity contribution in [1.82, 2.24) is 0 Å². The first-order valence-electron chi connectivity index (χ1n) is 8.81. The second-order valence-electron chi connectivity index (χ2n) is 7.73. The Morgan fingerprint density at radius 3 is 1.10 bits per heavy atom. The number of hydrogen-bond acceptors (Lipinski definition) is 10. The summed E-state index contributed by atoms with van der Waals surface area (Å²) in [5.41, 5.74) is 2.25. The van der Waals surface area contributed by atoms with Crippen LogP contribution in [-0.4, -0.2) is 48.7 Å². The standard InChI is InChI=1S/C16H30N4.2ClHO4.Ni/c1-13-11-15(3,4)19-10-8-18-14(2)12-16(5,6)20-9-7-17-13;2*2-1(3,4)5;/h7-12H2,1-6H3;2*(H,2,3,4,5);/q-2;;;+2/p-2. The van der Waals surface area contributed by atoms with Gasteiger partial charge in [0.05, 0.1) is 0 Å². The number of hydrogen-bond donors (Lipinski definition) is 0. The predicted molar refractivity (Wildman–Crippen MR) is 89.8 cm³/mol. The minimum Gasteiger partial charge on any atom is -0.655 e. The second-order valence-corrected chi connectivity index (χ2v) is 9.24. The van der Waals surface area contributed by atoms with Crippen molar-refractivity contribution in [1.29, 1.82) is 0 Å². The summed E-state index contributed by atoms with van der Waals surface area (Å²) in [5, 5.41) is 9.51. The van der Waals surface area contributed by atoms with Crippen molar-refractivity contribution in [2.24, 2.45) is 9.98 Å². The smallest absolute Gasteiger partial charge is 0.655 e. The van der Waals surface area contributed by atoms with E-state index in [1.165, 1.54) is 11.4 Å². The minimum atomic E-state index is -4.94. The number of aliphatic imine (C=N–C) groups is 2. The van der Waals surface area contributed by atoms with Crippen LogP contribution in [0.2, 0.25) is 0 Å². The van der Waals surface area contributed by atoms with Crippen LogP contribution in [0.4, 0.5) is 0 Å². The van der Waals surface area contributed by atoms with E-state index in [2.05, 4.69) is 51.5 Å². The Balaban J connectivity index is -0.000000595. The van der Waals surface area contributed by atoms with Gasteiger partial charge in [-0.1, -0.05) is 27.7 Å². The molecule has 1 heterocycles. The third kappa shape index (κ3) is 34.8. The number of nitrogens with zero attached hydrogens (tertiary/aromatic N) is 4. The maximum absolute atomic E-state index is 8.49. The van der Waals surface area contributed by atoms with Crippen molar-refractivity contribution in [2.45, 2.75) is 65.5 Å². The zero-order valence-corrected chi connectivity index (χ0v) is 20.9. The van der Waals surface area contributed by atoms with Gasteiger partial charge in [0, 0.05) is 24.5 Å². The van der Waals surface area contributed by atoms with Crippen LogP contribution in [0.15, 0.2) is 9.98 Å². The summed E-state index contributed by atoms with van der Waals surface area (Å²) in [7, 11) is -9.89. The Bertz CT molecular complexity index is 493. The molecule has 0 radical (unpaired) electrons. The molecule has 0 aromatic rings. The fourth-order valence-corrected chi connectivity index (χ4v) is 2.66. The summed E-state index contributed by atoms with van der Waals surface area (Å²) in [5.74, 6) is 0. The number of rotatable bonds is 0. The molecule has 15 heteroatoms. The molecule has 0 amide bonds. The maximum Gasteiger partial charge on any atom is 2.00 e. The summed E-state index contributed by atoms with van der Waals surface area (Å²) < 4.78 is 67.9. The van der Waals surface area contributed by atoms with E-state index in [-0.39, 0.29) is 27.6 Å². The van der Waals surface area contributed by atoms with Gasteiger partial charge in [-0.3, -0.25) is 9.98 Å². The van der Waals surface area contributed by atoms with Gasteiger partial charge in [-0.05, 0) is 26.7 Å². The molecule has 0 N–H and O–H groups in total. The van der Waals surface area contributed by atoms with Gasteiger partial charge in [0.2, 0.25) is 0 Å². The van der Waals surface area contributed by atoms with Crippen LogP contribution >= 0.6 is 0 Å². The molecular weight excluding hydrogens is 506 g/mol. The first-order valence-corrected chi connectivity index (χ1v) is 11.3. The third-order valence-corrected chi connectivity index (χ3v) is 3.42. The second kappa shape index (κ2) is 15.8. The Kier molecular flexibility index (Phi) is 18.1. The van der Waals surface area contributed by atoms with Crippen molar-refractivity contribution < 1.29 is 74.2 Å². The van der Waals surface area contributed by atoms with Crippen LogP contribution < -0.4 is 37.3 Å². The van der Waals surface area contributed by atoms with Gasteiger partial charge in [-0.25, -0.2) is 37.3 Å². The van der Waals surface area contributed by atoms with Gasteiger partial charge in [0.25, 0.3) is 0 Å². The summed E-state index contributed by atoms with van der Waals surface area (Å²) in [6.07, 6.45) is 1.83. The van der Waals surface area contributed by atoms with E-state index in [0.717, 1.165) is 39.0 Å². The van der Waals surface area contributed by atoms with Gasteiger partial charge in [-0.15, -0.1) is 44.7 Å². The van der Waals surface area contributed by atoms with E-state index in [1.54, 1.807) is 0 Å². The summed E-state index contributed by atoms with van der Waals surface area (Å²) in [6, 6.07) is 0. The summed E-state index contributed by atoms with van der Waals surface area (Å²) >= 11 is 0. The normalized spacial score (nSPS) is 20.2. The predicted octanol–water partition coefficient (Wildman–Crippen LogP) is -5.51. The van der Waals surface area contributed by atoms with Gasteiger partial charge in [-0.2, -0.15) is 0 Å². The van der Waals surface area contributed by atoms with Crippen LogP contribution in [0.3, 0.4) is 0 Å². The summed E-state index contributed by atoms with van der Waals surface area (Å²) in [4.78, 5) is 9.25. The molecule has 1 aliphatic heterocycles. The molecule has 0 saturated carbocycles. The maximum atomic E-state index is 8.49. The Hall–Kier alpha value is 0.0135. The fourth-order valence-electron chi connectivity index (χ4n) is 2.66. The molecule has 31 heavy (non-hydrogen) atoms. The Labute approximate surface area is 197 Å². The Morgan fingerprint density at radius 2 is 0.871 bits per heavy atom. The molecule has 0 atom stereocenters. The van der Waals surface area contributed by atoms with Crippen LogP contribution in [0.1, 0.15) is 54.4 Å². The largest absolute Gasteiger partial charge is 2.00 e. The molecule has 0 spiro atoms. The molecule has 1 aliphatic rings. The molecule has 0 aliphatic carbocycles. The third-order valence-electron chi connectivity index (χ3n) is 3.42. The number of halogens is 2. The van der Waals surface area contributed by atoms with Crippen LogP contribution in [-0.2, 0) is 16.5 Å². The summed E-state index contributed by atoms with van der Waals surface area (Å²) in [6.45, 7) is 16.0. The molecule has 0 aromatic carbocycles. The van der Waals surface area contributed by atoms with E-state index in [4.69, 9.17) is 47.9 Å². The first kappa shape index (κ1) is 35.6. The van der Waals surface area contributed by atoms with E-state index in [1.807, 2.05) is 0 Å². The molecule has 0 unspecified atom stereocenters. The van der Waals surface area contributed by atoms with E-state index >= 15 is 0 Å². The van der Waals surface area contributed by atoms with Crippen molar-refractivity contribution in [2.75, 3.05) is 26.2 Å². The molecule has 0 fully saturated rings. The van der Waals surface area contributed by atoms with Crippen LogP contribution in [0, 0.1) is 20.5 Å². The molecule has 0 bridgehead atoms.